The SMILES string of the molecule is Cc1cc(=O)c(C(=O)Nc2cccc(Cl)c2)c(C)n1Cc1ccccc1. The van der Waals surface area contributed by atoms with Crippen LogP contribution in [0.4, 0.5) is 5.69 Å². The number of carbonyl (C=O) groups is 1. The summed E-state index contributed by atoms with van der Waals surface area (Å²) in [4.78, 5) is 25.2. The highest BCUT2D eigenvalue weighted by atomic mass is 35.5. The van der Waals surface area contributed by atoms with Crippen molar-refractivity contribution in [1.29, 1.82) is 0 Å². The van der Waals surface area contributed by atoms with Crippen LogP contribution >= 0.6 is 11.6 Å². The maximum atomic E-state index is 12.7. The molecule has 0 spiro atoms. The van der Waals surface area contributed by atoms with Crippen LogP contribution < -0.4 is 10.7 Å². The van der Waals surface area contributed by atoms with Gasteiger partial charge in [-0.1, -0.05) is 48.0 Å². The molecular weight excluding hydrogens is 348 g/mol. The Morgan fingerprint density at radius 2 is 1.77 bits per heavy atom. The van der Waals surface area contributed by atoms with Crippen molar-refractivity contribution in [3.05, 3.63) is 98.4 Å². The number of amides is 1. The van der Waals surface area contributed by atoms with E-state index in [2.05, 4.69) is 5.32 Å². The molecule has 0 bridgehead atoms. The van der Waals surface area contributed by atoms with Crippen LogP contribution in [-0.4, -0.2) is 10.5 Å². The van der Waals surface area contributed by atoms with E-state index in [4.69, 9.17) is 11.6 Å². The standard InChI is InChI=1S/C21H19ClN2O2/c1-14-11-19(25)20(21(26)23-18-10-6-9-17(22)12-18)15(2)24(14)13-16-7-4-3-5-8-16/h3-12H,13H2,1-2H3,(H,23,26). The molecule has 132 valence electrons. The molecule has 1 N–H and O–H groups in total. The molecule has 0 fully saturated rings. The largest absolute Gasteiger partial charge is 0.344 e. The number of carbonyl (C=O) groups excluding carboxylic acids is 1. The Labute approximate surface area is 157 Å². The molecule has 0 aliphatic rings. The number of aromatic nitrogens is 1. The van der Waals surface area contributed by atoms with Gasteiger partial charge >= 0.3 is 0 Å². The smallest absolute Gasteiger partial charge is 0.261 e. The van der Waals surface area contributed by atoms with Crippen LogP contribution in [0.5, 0.6) is 0 Å². The molecule has 1 aromatic heterocycles. The molecule has 0 unspecified atom stereocenters. The fourth-order valence-corrected chi connectivity index (χ4v) is 3.15. The highest BCUT2D eigenvalue weighted by Crippen LogP contribution is 2.17. The third-order valence-corrected chi connectivity index (χ3v) is 4.51. The maximum absolute atomic E-state index is 12.7. The van der Waals surface area contributed by atoms with Gasteiger partial charge in [0, 0.05) is 34.7 Å². The van der Waals surface area contributed by atoms with Crippen molar-refractivity contribution in [2.24, 2.45) is 0 Å². The van der Waals surface area contributed by atoms with Gasteiger partial charge in [0.05, 0.1) is 0 Å². The molecule has 4 nitrogen and oxygen atoms in total. The van der Waals surface area contributed by atoms with Crippen molar-refractivity contribution >= 4 is 23.2 Å². The molecular formula is C21H19ClN2O2. The van der Waals surface area contributed by atoms with Crippen molar-refractivity contribution < 1.29 is 4.79 Å². The number of aryl methyl sites for hydroxylation is 1. The normalized spacial score (nSPS) is 10.6. The Balaban J connectivity index is 1.97. The van der Waals surface area contributed by atoms with E-state index < -0.39 is 5.91 Å². The van der Waals surface area contributed by atoms with E-state index in [1.165, 1.54) is 6.07 Å². The first kappa shape index (κ1) is 18.0. The second-order valence-electron chi connectivity index (χ2n) is 6.15. The van der Waals surface area contributed by atoms with Gasteiger partial charge in [0.1, 0.15) is 5.56 Å². The zero-order valence-electron chi connectivity index (χ0n) is 14.6. The Morgan fingerprint density at radius 1 is 1.04 bits per heavy atom. The van der Waals surface area contributed by atoms with Crippen LogP contribution in [0.1, 0.15) is 27.3 Å². The number of hydrogen-bond donors (Lipinski definition) is 1. The average molecular weight is 367 g/mol. The van der Waals surface area contributed by atoms with Crippen molar-refractivity contribution in [3.63, 3.8) is 0 Å². The zero-order chi connectivity index (χ0) is 18.7. The topological polar surface area (TPSA) is 51.1 Å². The van der Waals surface area contributed by atoms with Gasteiger partial charge in [0.25, 0.3) is 5.91 Å². The lowest BCUT2D eigenvalue weighted by molar-refractivity contribution is 0.102. The molecule has 1 heterocycles. The zero-order valence-corrected chi connectivity index (χ0v) is 15.4. The summed E-state index contributed by atoms with van der Waals surface area (Å²) in [5.74, 6) is -0.434. The Bertz CT molecular complexity index is 1010. The summed E-state index contributed by atoms with van der Waals surface area (Å²) in [6.07, 6.45) is 0. The molecule has 0 saturated carbocycles. The Kier molecular flexibility index (Phi) is 5.24. The van der Waals surface area contributed by atoms with Gasteiger partial charge in [0.2, 0.25) is 0 Å². The first-order valence-electron chi connectivity index (χ1n) is 8.27. The second kappa shape index (κ2) is 7.58. The number of pyridine rings is 1. The van der Waals surface area contributed by atoms with Gasteiger partial charge in [-0.2, -0.15) is 0 Å². The molecule has 0 aliphatic carbocycles. The lowest BCUT2D eigenvalue weighted by Crippen LogP contribution is -2.27. The monoisotopic (exact) mass is 366 g/mol. The minimum atomic E-state index is -0.434. The van der Waals surface area contributed by atoms with Crippen LogP contribution in [0.25, 0.3) is 0 Å². The van der Waals surface area contributed by atoms with Gasteiger partial charge in [0.15, 0.2) is 5.43 Å². The molecule has 3 aromatic rings. The molecule has 0 radical (unpaired) electrons. The number of rotatable bonds is 4. The summed E-state index contributed by atoms with van der Waals surface area (Å²) >= 11 is 5.96. The minimum absolute atomic E-state index is 0.145. The second-order valence-corrected chi connectivity index (χ2v) is 6.58. The first-order chi connectivity index (χ1) is 12.5. The summed E-state index contributed by atoms with van der Waals surface area (Å²) < 4.78 is 1.98. The number of anilines is 1. The molecule has 3 rings (SSSR count). The third kappa shape index (κ3) is 3.86. The molecule has 5 heteroatoms. The van der Waals surface area contributed by atoms with E-state index in [0.717, 1.165) is 11.3 Å². The van der Waals surface area contributed by atoms with E-state index >= 15 is 0 Å². The molecule has 0 aliphatic heterocycles. The van der Waals surface area contributed by atoms with Crippen LogP contribution in [0.3, 0.4) is 0 Å². The van der Waals surface area contributed by atoms with Crippen LogP contribution in [0.2, 0.25) is 5.02 Å². The molecule has 0 saturated heterocycles. The van der Waals surface area contributed by atoms with Crippen molar-refractivity contribution in [1.82, 2.24) is 4.57 Å². The van der Waals surface area contributed by atoms with Crippen molar-refractivity contribution in [2.45, 2.75) is 20.4 Å². The van der Waals surface area contributed by atoms with E-state index in [1.54, 1.807) is 31.2 Å². The van der Waals surface area contributed by atoms with Gasteiger partial charge in [-0.3, -0.25) is 9.59 Å². The minimum Gasteiger partial charge on any atom is -0.344 e. The molecule has 2 aromatic carbocycles. The number of nitrogens with one attached hydrogen (secondary N) is 1. The number of hydrogen-bond acceptors (Lipinski definition) is 2. The van der Waals surface area contributed by atoms with E-state index in [-0.39, 0.29) is 11.0 Å². The summed E-state index contributed by atoms with van der Waals surface area (Å²) in [5.41, 5.74) is 2.96. The van der Waals surface area contributed by atoms with Gasteiger partial charge in [-0.25, -0.2) is 0 Å². The molecule has 26 heavy (non-hydrogen) atoms. The summed E-state index contributed by atoms with van der Waals surface area (Å²) in [6.45, 7) is 4.26. The highest BCUT2D eigenvalue weighted by molar-refractivity contribution is 6.31. The summed E-state index contributed by atoms with van der Waals surface area (Å²) in [6, 6.07) is 18.3. The summed E-state index contributed by atoms with van der Waals surface area (Å²) in [5, 5.41) is 3.27. The lowest BCUT2D eigenvalue weighted by atomic mass is 10.1. The van der Waals surface area contributed by atoms with Crippen LogP contribution in [-0.2, 0) is 6.54 Å². The average Bonchev–Trinajstić information content (AvgIpc) is 2.59. The fraction of sp³-hybridized carbons (Fsp3) is 0.143. The quantitative estimate of drug-likeness (QED) is 0.743. The van der Waals surface area contributed by atoms with Gasteiger partial charge in [-0.15, -0.1) is 0 Å². The fourth-order valence-electron chi connectivity index (χ4n) is 2.96. The Morgan fingerprint density at radius 3 is 2.46 bits per heavy atom. The first-order valence-corrected chi connectivity index (χ1v) is 8.65. The van der Waals surface area contributed by atoms with E-state index in [9.17, 15) is 9.59 Å². The van der Waals surface area contributed by atoms with Gasteiger partial charge in [-0.05, 0) is 37.6 Å². The number of nitrogens with zero attached hydrogens (tertiary/aromatic N) is 1. The summed E-state index contributed by atoms with van der Waals surface area (Å²) in [7, 11) is 0. The van der Waals surface area contributed by atoms with Crippen LogP contribution in [0, 0.1) is 13.8 Å². The predicted octanol–water partition coefficient (Wildman–Crippen LogP) is 4.42. The van der Waals surface area contributed by atoms with Gasteiger partial charge < -0.3 is 9.88 Å². The highest BCUT2D eigenvalue weighted by Gasteiger charge is 2.18. The van der Waals surface area contributed by atoms with Crippen LogP contribution in [0.15, 0.2) is 65.5 Å². The Hall–Kier alpha value is -2.85. The molecule has 0 atom stereocenters. The third-order valence-electron chi connectivity index (χ3n) is 4.27. The number of benzene rings is 2. The predicted molar refractivity (Wildman–Crippen MR) is 105 cm³/mol. The van der Waals surface area contributed by atoms with Crippen molar-refractivity contribution in [2.75, 3.05) is 5.32 Å². The molecule has 1 amide bonds. The van der Waals surface area contributed by atoms with Crippen molar-refractivity contribution in [3.8, 4) is 0 Å². The maximum Gasteiger partial charge on any atom is 0.261 e. The lowest BCUT2D eigenvalue weighted by Gasteiger charge is -2.17. The van der Waals surface area contributed by atoms with E-state index in [0.29, 0.717) is 22.9 Å². The number of halogens is 1. The van der Waals surface area contributed by atoms with E-state index in [1.807, 2.05) is 41.8 Å².